The fourth-order valence-electron chi connectivity index (χ4n) is 2.74. The zero-order valence-electron chi connectivity index (χ0n) is 14.7. The molecule has 24 heavy (non-hydrogen) atoms. The van der Waals surface area contributed by atoms with Crippen LogP contribution in [0.2, 0.25) is 0 Å². The number of ether oxygens (including phenoxy) is 1. The fourth-order valence-corrected chi connectivity index (χ4v) is 2.74. The van der Waals surface area contributed by atoms with E-state index in [0.29, 0.717) is 19.5 Å². The maximum Gasteiger partial charge on any atom is 0.410 e. The van der Waals surface area contributed by atoms with Gasteiger partial charge < -0.3 is 10.1 Å². The van der Waals surface area contributed by atoms with Gasteiger partial charge in [0, 0.05) is 25.5 Å². The summed E-state index contributed by atoms with van der Waals surface area (Å²) in [5.74, 6) is -0.107. The molecule has 1 aliphatic rings. The van der Waals surface area contributed by atoms with Gasteiger partial charge in [-0.3, -0.25) is 14.7 Å². The van der Waals surface area contributed by atoms with Crippen molar-refractivity contribution in [3.05, 3.63) is 30.1 Å². The Morgan fingerprint density at radius 1 is 1.38 bits per heavy atom. The monoisotopic (exact) mass is 333 g/mol. The number of carbonyl (C=O) groups excluding carboxylic acids is 2. The predicted octanol–water partition coefficient (Wildman–Crippen LogP) is 2.53. The Morgan fingerprint density at radius 2 is 2.17 bits per heavy atom. The molecular weight excluding hydrogens is 306 g/mol. The third kappa shape index (κ3) is 5.51. The molecule has 1 aromatic heterocycles. The van der Waals surface area contributed by atoms with Crippen molar-refractivity contribution in [2.24, 2.45) is 0 Å². The summed E-state index contributed by atoms with van der Waals surface area (Å²) in [5.41, 5.74) is 0.515. The molecule has 2 amide bonds. The van der Waals surface area contributed by atoms with Gasteiger partial charge >= 0.3 is 6.09 Å². The molecule has 0 unspecified atom stereocenters. The zero-order chi connectivity index (χ0) is 17.6. The smallest absolute Gasteiger partial charge is 0.410 e. The molecule has 6 heteroatoms. The number of rotatable bonds is 4. The Balaban J connectivity index is 1.89. The first kappa shape index (κ1) is 18.2. The molecule has 1 fully saturated rings. The molecule has 1 aliphatic heterocycles. The highest BCUT2D eigenvalue weighted by atomic mass is 16.6. The molecule has 1 saturated heterocycles. The number of nitrogens with one attached hydrogen (secondary N) is 1. The molecule has 0 bridgehead atoms. The maximum absolute atomic E-state index is 12.5. The number of hydrogen-bond donors (Lipinski definition) is 1. The zero-order valence-corrected chi connectivity index (χ0v) is 14.7. The number of hydrogen-bond acceptors (Lipinski definition) is 4. The van der Waals surface area contributed by atoms with Gasteiger partial charge in [-0.15, -0.1) is 0 Å². The van der Waals surface area contributed by atoms with Crippen LogP contribution in [0.1, 0.15) is 45.6 Å². The van der Waals surface area contributed by atoms with Gasteiger partial charge in [0.05, 0.1) is 0 Å². The van der Waals surface area contributed by atoms with Gasteiger partial charge in [-0.2, -0.15) is 0 Å². The van der Waals surface area contributed by atoms with E-state index in [0.717, 1.165) is 24.8 Å². The third-order valence-electron chi connectivity index (χ3n) is 3.87. The molecule has 6 nitrogen and oxygen atoms in total. The second-order valence-electron chi connectivity index (χ2n) is 7.09. The summed E-state index contributed by atoms with van der Waals surface area (Å²) in [6, 6.07) is 3.41. The van der Waals surface area contributed by atoms with E-state index in [-0.39, 0.29) is 5.91 Å². The van der Waals surface area contributed by atoms with Crippen LogP contribution < -0.4 is 5.32 Å². The van der Waals surface area contributed by atoms with Gasteiger partial charge in [0.25, 0.3) is 0 Å². The van der Waals surface area contributed by atoms with E-state index < -0.39 is 17.7 Å². The highest BCUT2D eigenvalue weighted by molar-refractivity contribution is 5.85. The number of aromatic nitrogens is 1. The van der Waals surface area contributed by atoms with Crippen LogP contribution in [-0.4, -0.2) is 46.6 Å². The van der Waals surface area contributed by atoms with Crippen molar-refractivity contribution in [2.45, 2.75) is 58.1 Å². The van der Waals surface area contributed by atoms with Crippen molar-refractivity contribution in [1.82, 2.24) is 15.2 Å². The Hall–Kier alpha value is -2.11. The normalized spacial score (nSPS) is 18.1. The summed E-state index contributed by atoms with van der Waals surface area (Å²) in [6.45, 7) is 6.59. The van der Waals surface area contributed by atoms with Crippen molar-refractivity contribution >= 4 is 12.0 Å². The second kappa shape index (κ2) is 8.13. The first-order valence-corrected chi connectivity index (χ1v) is 8.53. The number of pyridine rings is 1. The fraction of sp³-hybridized carbons (Fsp3) is 0.611. The van der Waals surface area contributed by atoms with E-state index in [4.69, 9.17) is 4.74 Å². The lowest BCUT2D eigenvalue weighted by Crippen LogP contribution is -2.53. The van der Waals surface area contributed by atoms with Crippen molar-refractivity contribution < 1.29 is 14.3 Å². The minimum Gasteiger partial charge on any atom is -0.444 e. The van der Waals surface area contributed by atoms with Crippen LogP contribution in [0.3, 0.4) is 0 Å². The number of nitrogens with zero attached hydrogens (tertiary/aromatic N) is 2. The number of piperidine rings is 1. The van der Waals surface area contributed by atoms with Gasteiger partial charge in [-0.25, -0.2) is 4.79 Å². The molecule has 2 rings (SSSR count). The van der Waals surface area contributed by atoms with Gasteiger partial charge in [-0.1, -0.05) is 6.07 Å². The van der Waals surface area contributed by atoms with Crippen LogP contribution in [0.15, 0.2) is 24.5 Å². The second-order valence-corrected chi connectivity index (χ2v) is 7.09. The molecule has 1 aromatic rings. The lowest BCUT2D eigenvalue weighted by atomic mass is 10.0. The van der Waals surface area contributed by atoms with Gasteiger partial charge in [-0.05, 0) is 58.1 Å². The van der Waals surface area contributed by atoms with Crippen LogP contribution in [0.4, 0.5) is 4.79 Å². The molecule has 2 heterocycles. The summed E-state index contributed by atoms with van der Waals surface area (Å²) in [4.78, 5) is 30.5. The first-order chi connectivity index (χ1) is 11.4. The first-order valence-electron chi connectivity index (χ1n) is 8.53. The van der Waals surface area contributed by atoms with Crippen LogP contribution >= 0.6 is 0 Å². The summed E-state index contributed by atoms with van der Waals surface area (Å²) >= 11 is 0. The van der Waals surface area contributed by atoms with Crippen molar-refractivity contribution in [1.29, 1.82) is 0 Å². The Bertz CT molecular complexity index is 554. The highest BCUT2D eigenvalue weighted by Crippen LogP contribution is 2.20. The molecule has 1 N–H and O–H groups in total. The molecular formula is C18H27N3O3. The molecule has 0 aromatic carbocycles. The van der Waals surface area contributed by atoms with Crippen molar-refractivity contribution in [3.63, 3.8) is 0 Å². The number of carbonyl (C=O) groups is 2. The lowest BCUT2D eigenvalue weighted by molar-refractivity contribution is -0.127. The van der Waals surface area contributed by atoms with E-state index in [1.54, 1.807) is 17.3 Å². The number of amides is 2. The molecule has 1 atom stereocenters. The van der Waals surface area contributed by atoms with Crippen LogP contribution in [0, 0.1) is 0 Å². The summed E-state index contributed by atoms with van der Waals surface area (Å²) in [6.07, 6.45) is 6.35. The van der Waals surface area contributed by atoms with E-state index in [2.05, 4.69) is 10.3 Å². The third-order valence-corrected chi connectivity index (χ3v) is 3.87. The van der Waals surface area contributed by atoms with E-state index in [9.17, 15) is 9.59 Å². The molecule has 0 saturated carbocycles. The van der Waals surface area contributed by atoms with Gasteiger partial charge in [0.2, 0.25) is 5.91 Å². The summed E-state index contributed by atoms with van der Waals surface area (Å²) in [7, 11) is 0. The van der Waals surface area contributed by atoms with Crippen molar-refractivity contribution in [3.8, 4) is 0 Å². The van der Waals surface area contributed by atoms with E-state index in [1.165, 1.54) is 0 Å². The quantitative estimate of drug-likeness (QED) is 0.919. The molecule has 0 spiro atoms. The molecule has 0 aliphatic carbocycles. The minimum absolute atomic E-state index is 0.107. The van der Waals surface area contributed by atoms with Crippen molar-refractivity contribution in [2.75, 3.05) is 13.1 Å². The average molecular weight is 333 g/mol. The van der Waals surface area contributed by atoms with Crippen LogP contribution in [0.25, 0.3) is 0 Å². The highest BCUT2D eigenvalue weighted by Gasteiger charge is 2.34. The standard InChI is InChI=1S/C18H27N3O3/c1-18(2,3)24-17(23)21-12-5-4-8-15(21)16(22)20-11-9-14-7-6-10-19-13-14/h6-7,10,13,15H,4-5,8-9,11-12H2,1-3H3,(H,20,22)/t15-/m1/s1. The SMILES string of the molecule is CC(C)(C)OC(=O)N1CCCC[C@@H]1C(=O)NCCc1cccnc1. The molecule has 0 radical (unpaired) electrons. The lowest BCUT2D eigenvalue weighted by Gasteiger charge is -2.35. The summed E-state index contributed by atoms with van der Waals surface area (Å²) < 4.78 is 5.43. The molecule has 132 valence electrons. The Kier molecular flexibility index (Phi) is 6.17. The van der Waals surface area contributed by atoms with Gasteiger partial charge in [0.1, 0.15) is 11.6 Å². The van der Waals surface area contributed by atoms with E-state index in [1.807, 2.05) is 32.9 Å². The topological polar surface area (TPSA) is 71.5 Å². The average Bonchev–Trinajstić information content (AvgIpc) is 2.54. The van der Waals surface area contributed by atoms with Gasteiger partial charge in [0.15, 0.2) is 0 Å². The van der Waals surface area contributed by atoms with Crippen LogP contribution in [0.5, 0.6) is 0 Å². The van der Waals surface area contributed by atoms with E-state index >= 15 is 0 Å². The Labute approximate surface area is 143 Å². The summed E-state index contributed by atoms with van der Waals surface area (Å²) in [5, 5.41) is 2.93. The maximum atomic E-state index is 12.5. The van der Waals surface area contributed by atoms with Crippen LogP contribution in [-0.2, 0) is 16.0 Å². The Morgan fingerprint density at radius 3 is 2.83 bits per heavy atom. The minimum atomic E-state index is -0.560. The number of likely N-dealkylation sites (tertiary alicyclic amines) is 1. The largest absolute Gasteiger partial charge is 0.444 e. The predicted molar refractivity (Wildman–Crippen MR) is 91.5 cm³/mol.